The topological polar surface area (TPSA) is 47.9 Å². The Labute approximate surface area is 83.1 Å². The molecule has 4 nitrogen and oxygen atoms in total. The van der Waals surface area contributed by atoms with Crippen molar-refractivity contribution in [3.05, 3.63) is 22.7 Å². The first kappa shape index (κ1) is 8.80. The van der Waals surface area contributed by atoms with E-state index in [0.29, 0.717) is 11.5 Å². The zero-order chi connectivity index (χ0) is 9.26. The lowest BCUT2D eigenvalue weighted by Crippen LogP contribution is -2.30. The fraction of sp³-hybridized carbons (Fsp3) is 0.250. The van der Waals surface area contributed by atoms with Gasteiger partial charge in [0.05, 0.1) is 0 Å². The molecule has 1 heterocycles. The van der Waals surface area contributed by atoms with E-state index in [1.54, 1.807) is 12.1 Å². The highest BCUT2D eigenvalue weighted by atomic mass is 79.9. The molecular weight excluding hydrogens is 240 g/mol. The van der Waals surface area contributed by atoms with E-state index < -0.39 is 6.29 Å². The molecule has 0 aliphatic carbocycles. The Hall–Kier alpha value is -0.780. The predicted molar refractivity (Wildman–Crippen MR) is 47.8 cm³/mol. The first-order valence-corrected chi connectivity index (χ1v) is 4.48. The minimum atomic E-state index is -0.742. The van der Waals surface area contributed by atoms with E-state index in [9.17, 15) is 0 Å². The molecule has 0 amide bonds. The van der Waals surface area contributed by atoms with Crippen LogP contribution in [0.5, 0.6) is 11.5 Å². The molecule has 1 aliphatic heterocycles. The van der Waals surface area contributed by atoms with Gasteiger partial charge in [0, 0.05) is 4.47 Å². The summed E-state index contributed by atoms with van der Waals surface area (Å²) in [5, 5.41) is 8.36. The molecule has 13 heavy (non-hydrogen) atoms. The zero-order valence-corrected chi connectivity index (χ0v) is 8.15. The Balaban J connectivity index is 2.26. The van der Waals surface area contributed by atoms with Gasteiger partial charge in [0.1, 0.15) is 0 Å². The molecular formula is C8H7BrO4. The summed E-state index contributed by atoms with van der Waals surface area (Å²) in [6.07, 6.45) is -0.742. The molecule has 1 unspecified atom stereocenters. The Morgan fingerprint density at radius 1 is 1.46 bits per heavy atom. The summed E-state index contributed by atoms with van der Waals surface area (Å²) >= 11 is 3.31. The van der Waals surface area contributed by atoms with E-state index in [1.165, 1.54) is 0 Å². The highest BCUT2D eigenvalue weighted by molar-refractivity contribution is 9.10. The van der Waals surface area contributed by atoms with Crippen LogP contribution in [0, 0.1) is 0 Å². The third-order valence-electron chi connectivity index (χ3n) is 1.66. The molecule has 0 aromatic heterocycles. The van der Waals surface area contributed by atoms with E-state index in [2.05, 4.69) is 20.8 Å². The average molecular weight is 247 g/mol. The van der Waals surface area contributed by atoms with Crippen molar-refractivity contribution in [2.75, 3.05) is 6.61 Å². The zero-order valence-electron chi connectivity index (χ0n) is 6.57. The molecule has 1 N–H and O–H groups in total. The average Bonchev–Trinajstić information content (AvgIpc) is 2.17. The summed E-state index contributed by atoms with van der Waals surface area (Å²) in [7, 11) is 0. The van der Waals surface area contributed by atoms with Crippen LogP contribution in [0.15, 0.2) is 22.7 Å². The molecule has 5 heteroatoms. The molecule has 1 aromatic rings. The molecule has 2 rings (SSSR count). The number of rotatable bonds is 1. The SMILES string of the molecule is OOC1COc2cc(Br)ccc2O1. The van der Waals surface area contributed by atoms with Crippen LogP contribution in [0.1, 0.15) is 0 Å². The van der Waals surface area contributed by atoms with E-state index in [-0.39, 0.29) is 6.61 Å². The second-order valence-corrected chi connectivity index (χ2v) is 3.47. The highest BCUT2D eigenvalue weighted by Crippen LogP contribution is 2.34. The lowest BCUT2D eigenvalue weighted by atomic mass is 10.3. The summed E-state index contributed by atoms with van der Waals surface area (Å²) in [6.45, 7) is 0.181. The minimum absolute atomic E-state index is 0.181. The Morgan fingerprint density at radius 2 is 2.31 bits per heavy atom. The largest absolute Gasteiger partial charge is 0.483 e. The molecule has 1 aliphatic rings. The van der Waals surface area contributed by atoms with E-state index >= 15 is 0 Å². The van der Waals surface area contributed by atoms with Crippen molar-refractivity contribution >= 4 is 15.9 Å². The molecule has 0 bridgehead atoms. The minimum Gasteiger partial charge on any atom is -0.483 e. The molecule has 0 saturated heterocycles. The van der Waals surface area contributed by atoms with Gasteiger partial charge in [-0.05, 0) is 18.2 Å². The molecule has 0 spiro atoms. The second-order valence-electron chi connectivity index (χ2n) is 2.55. The van der Waals surface area contributed by atoms with Gasteiger partial charge >= 0.3 is 0 Å². The normalized spacial score (nSPS) is 20.0. The van der Waals surface area contributed by atoms with Gasteiger partial charge in [-0.25, -0.2) is 5.26 Å². The maximum atomic E-state index is 8.36. The van der Waals surface area contributed by atoms with Crippen molar-refractivity contribution in [1.82, 2.24) is 0 Å². The van der Waals surface area contributed by atoms with Gasteiger partial charge in [-0.15, -0.1) is 0 Å². The Kier molecular flexibility index (Phi) is 2.39. The van der Waals surface area contributed by atoms with E-state index in [0.717, 1.165) is 4.47 Å². The first-order valence-electron chi connectivity index (χ1n) is 3.69. The first-order chi connectivity index (χ1) is 6.29. The van der Waals surface area contributed by atoms with Crippen LogP contribution >= 0.6 is 15.9 Å². The maximum absolute atomic E-state index is 8.36. The lowest BCUT2D eigenvalue weighted by Gasteiger charge is -2.23. The van der Waals surface area contributed by atoms with Gasteiger partial charge < -0.3 is 9.47 Å². The molecule has 0 fully saturated rings. The van der Waals surface area contributed by atoms with Gasteiger partial charge in [-0.3, -0.25) is 0 Å². The van der Waals surface area contributed by atoms with Crippen LogP contribution in [0.25, 0.3) is 0 Å². The van der Waals surface area contributed by atoms with E-state index in [1.807, 2.05) is 6.07 Å². The number of fused-ring (bicyclic) bond motifs is 1. The van der Waals surface area contributed by atoms with Gasteiger partial charge in [0.25, 0.3) is 6.29 Å². The van der Waals surface area contributed by atoms with E-state index in [4.69, 9.17) is 14.7 Å². The third-order valence-corrected chi connectivity index (χ3v) is 2.15. The van der Waals surface area contributed by atoms with Gasteiger partial charge in [-0.2, -0.15) is 4.89 Å². The fourth-order valence-corrected chi connectivity index (χ4v) is 1.42. The summed E-state index contributed by atoms with van der Waals surface area (Å²) < 4.78 is 11.4. The summed E-state index contributed by atoms with van der Waals surface area (Å²) in [6, 6.07) is 5.36. The van der Waals surface area contributed by atoms with Crippen molar-refractivity contribution in [3.8, 4) is 11.5 Å². The van der Waals surface area contributed by atoms with Gasteiger partial charge in [-0.1, -0.05) is 15.9 Å². The fourth-order valence-electron chi connectivity index (χ4n) is 1.08. The number of benzene rings is 1. The molecule has 0 saturated carbocycles. The Morgan fingerprint density at radius 3 is 3.08 bits per heavy atom. The summed E-state index contributed by atoms with van der Waals surface area (Å²) in [5.74, 6) is 1.20. The number of ether oxygens (including phenoxy) is 2. The van der Waals surface area contributed by atoms with Crippen LogP contribution in [-0.2, 0) is 4.89 Å². The predicted octanol–water partition coefficient (Wildman–Crippen LogP) is 2.04. The van der Waals surface area contributed by atoms with Crippen LogP contribution in [0.2, 0.25) is 0 Å². The van der Waals surface area contributed by atoms with Crippen molar-refractivity contribution in [1.29, 1.82) is 0 Å². The van der Waals surface area contributed by atoms with Crippen LogP contribution in [0.3, 0.4) is 0 Å². The van der Waals surface area contributed by atoms with Crippen LogP contribution in [0.4, 0.5) is 0 Å². The van der Waals surface area contributed by atoms with Gasteiger partial charge in [0.15, 0.2) is 18.1 Å². The molecule has 1 aromatic carbocycles. The van der Waals surface area contributed by atoms with Crippen molar-refractivity contribution < 1.29 is 19.6 Å². The second kappa shape index (κ2) is 3.53. The summed E-state index contributed by atoms with van der Waals surface area (Å²) in [4.78, 5) is 4.02. The smallest absolute Gasteiger partial charge is 0.264 e. The lowest BCUT2D eigenvalue weighted by molar-refractivity contribution is -0.334. The quantitative estimate of drug-likeness (QED) is 0.609. The molecule has 1 atom stereocenters. The number of hydrogen-bond donors (Lipinski definition) is 1. The monoisotopic (exact) mass is 246 g/mol. The maximum Gasteiger partial charge on any atom is 0.264 e. The van der Waals surface area contributed by atoms with Crippen LogP contribution in [-0.4, -0.2) is 18.2 Å². The highest BCUT2D eigenvalue weighted by Gasteiger charge is 2.21. The molecule has 0 radical (unpaired) electrons. The van der Waals surface area contributed by atoms with Crippen molar-refractivity contribution in [2.45, 2.75) is 6.29 Å². The van der Waals surface area contributed by atoms with Crippen molar-refractivity contribution in [2.24, 2.45) is 0 Å². The summed E-state index contributed by atoms with van der Waals surface area (Å²) in [5.41, 5.74) is 0. The third kappa shape index (κ3) is 1.77. The standard InChI is InChI=1S/C8H7BrO4/c9-5-1-2-6-7(3-5)11-4-8(12-6)13-10/h1-3,8,10H,4H2. The van der Waals surface area contributed by atoms with Crippen molar-refractivity contribution in [3.63, 3.8) is 0 Å². The number of hydrogen-bond acceptors (Lipinski definition) is 4. The Bertz CT molecular complexity index is 315. The molecule has 70 valence electrons. The van der Waals surface area contributed by atoms with Crippen LogP contribution < -0.4 is 9.47 Å². The van der Waals surface area contributed by atoms with Gasteiger partial charge in [0.2, 0.25) is 0 Å². The number of halogens is 1.